The Hall–Kier alpha value is -3.23. The number of aromatic nitrogens is 3. The van der Waals surface area contributed by atoms with Crippen LogP contribution < -0.4 is 5.32 Å². The lowest BCUT2D eigenvalue weighted by Crippen LogP contribution is -2.36. The molecule has 1 saturated heterocycles. The number of Topliss-reactive ketones (excluding diaryl/α,β-unsaturated/α-hetero) is 1. The van der Waals surface area contributed by atoms with Gasteiger partial charge < -0.3 is 5.32 Å². The Balaban J connectivity index is 1.45. The van der Waals surface area contributed by atoms with Gasteiger partial charge in [-0.25, -0.2) is 9.37 Å². The quantitative estimate of drug-likeness (QED) is 0.670. The largest absolute Gasteiger partial charge is 0.305 e. The number of halogens is 1. The average molecular weight is 445 g/mol. The highest BCUT2D eigenvalue weighted by atomic mass is 19.1. The molecular weight excluding hydrogens is 419 g/mol. The van der Waals surface area contributed by atoms with Crippen molar-refractivity contribution < 1.29 is 9.18 Å². The molecule has 0 aliphatic carbocycles. The smallest absolute Gasteiger partial charge is 0.184 e. The van der Waals surface area contributed by atoms with E-state index in [9.17, 15) is 9.18 Å². The molecule has 1 fully saturated rings. The van der Waals surface area contributed by atoms with Gasteiger partial charge in [0, 0.05) is 37.3 Å². The van der Waals surface area contributed by atoms with Gasteiger partial charge in [0.1, 0.15) is 24.5 Å². The van der Waals surface area contributed by atoms with Gasteiger partial charge in [-0.1, -0.05) is 24.3 Å². The molecular formula is C25H25FN6O. The van der Waals surface area contributed by atoms with Crippen molar-refractivity contribution in [2.45, 2.75) is 31.5 Å². The summed E-state index contributed by atoms with van der Waals surface area (Å²) in [5.41, 5.74) is 5.07. The van der Waals surface area contributed by atoms with Crippen molar-refractivity contribution in [3.05, 3.63) is 82.2 Å². The second kappa shape index (κ2) is 7.97. The van der Waals surface area contributed by atoms with E-state index in [1.165, 1.54) is 30.4 Å². The average Bonchev–Trinajstić information content (AvgIpc) is 3.13. The Kier molecular flexibility index (Phi) is 4.92. The summed E-state index contributed by atoms with van der Waals surface area (Å²) < 4.78 is 16.1. The van der Waals surface area contributed by atoms with E-state index in [0.717, 1.165) is 47.9 Å². The van der Waals surface area contributed by atoms with Crippen LogP contribution in [0.25, 0.3) is 0 Å². The van der Waals surface area contributed by atoms with Crippen LogP contribution in [-0.2, 0) is 20.1 Å². The molecule has 0 radical (unpaired) electrons. The first-order valence-electron chi connectivity index (χ1n) is 11.4. The molecule has 1 N–H and O–H groups in total. The Morgan fingerprint density at radius 2 is 2.00 bits per heavy atom. The maximum absolute atomic E-state index is 14.4. The number of nitrogens with zero attached hydrogens (tertiary/aromatic N) is 5. The number of hydrogen-bond acceptors (Lipinski definition) is 6. The lowest BCUT2D eigenvalue weighted by Gasteiger charge is -2.31. The van der Waals surface area contributed by atoms with E-state index in [1.54, 1.807) is 4.68 Å². The van der Waals surface area contributed by atoms with Crippen LogP contribution in [-0.4, -0.2) is 50.8 Å². The zero-order chi connectivity index (χ0) is 22.5. The van der Waals surface area contributed by atoms with Gasteiger partial charge in [-0.05, 0) is 48.3 Å². The molecule has 1 aromatic heterocycles. The van der Waals surface area contributed by atoms with E-state index in [4.69, 9.17) is 4.99 Å². The molecule has 3 aliphatic rings. The first-order valence-corrected chi connectivity index (χ1v) is 11.4. The van der Waals surface area contributed by atoms with Crippen molar-refractivity contribution in [2.75, 3.05) is 19.6 Å². The number of ketones is 1. The first kappa shape index (κ1) is 20.4. The van der Waals surface area contributed by atoms with Crippen LogP contribution in [0.3, 0.4) is 0 Å². The number of benzene rings is 2. The van der Waals surface area contributed by atoms with Crippen LogP contribution in [0.1, 0.15) is 56.8 Å². The summed E-state index contributed by atoms with van der Waals surface area (Å²) in [6, 6.07) is 11.4. The van der Waals surface area contributed by atoms with Gasteiger partial charge >= 0.3 is 0 Å². The van der Waals surface area contributed by atoms with Crippen LogP contribution >= 0.6 is 0 Å². The third-order valence-electron chi connectivity index (χ3n) is 6.99. The molecule has 2 atom stereocenters. The molecule has 0 amide bonds. The SMILES string of the molecule is Cn1ncnc1C1C2=NCC(=O)c3cc(F)cc(c32)CNC1c1ccc(CN2CCC2)cc1. The second-order valence-electron chi connectivity index (χ2n) is 9.06. The third-order valence-corrected chi connectivity index (χ3v) is 6.99. The summed E-state index contributed by atoms with van der Waals surface area (Å²) in [5.74, 6) is -0.0603. The third kappa shape index (κ3) is 3.50. The van der Waals surface area contributed by atoms with Gasteiger partial charge in [-0.2, -0.15) is 5.10 Å². The molecule has 3 aliphatic heterocycles. The van der Waals surface area contributed by atoms with E-state index < -0.39 is 5.82 Å². The number of rotatable bonds is 4. The Bertz CT molecular complexity index is 1260. The molecule has 0 spiro atoms. The van der Waals surface area contributed by atoms with Crippen LogP contribution in [0, 0.1) is 5.82 Å². The molecule has 6 rings (SSSR count). The molecule has 0 saturated carbocycles. The van der Waals surface area contributed by atoms with Crippen LogP contribution in [0.4, 0.5) is 4.39 Å². The lowest BCUT2D eigenvalue weighted by atomic mass is 9.82. The number of likely N-dealkylation sites (tertiary alicyclic amines) is 1. The first-order chi connectivity index (χ1) is 16.1. The van der Waals surface area contributed by atoms with E-state index in [0.29, 0.717) is 12.1 Å². The number of hydrogen-bond donors (Lipinski definition) is 1. The van der Waals surface area contributed by atoms with Crippen molar-refractivity contribution in [3.63, 3.8) is 0 Å². The fraction of sp³-hybridized carbons (Fsp3) is 0.360. The summed E-state index contributed by atoms with van der Waals surface area (Å²) >= 11 is 0. The van der Waals surface area contributed by atoms with Crippen molar-refractivity contribution in [1.29, 1.82) is 0 Å². The van der Waals surface area contributed by atoms with Crippen molar-refractivity contribution >= 4 is 11.5 Å². The predicted molar refractivity (Wildman–Crippen MR) is 122 cm³/mol. The lowest BCUT2D eigenvalue weighted by molar-refractivity contribution is 0.0999. The van der Waals surface area contributed by atoms with Crippen molar-refractivity contribution in [1.82, 2.24) is 25.0 Å². The highest BCUT2D eigenvalue weighted by Gasteiger charge is 2.40. The van der Waals surface area contributed by atoms with Crippen molar-refractivity contribution in [2.24, 2.45) is 12.0 Å². The predicted octanol–water partition coefficient (Wildman–Crippen LogP) is 2.77. The molecule has 3 aromatic rings. The number of aliphatic imine (C=N–C) groups is 1. The maximum Gasteiger partial charge on any atom is 0.184 e. The molecule has 2 unspecified atom stereocenters. The number of carbonyl (C=O) groups excluding carboxylic acids is 1. The Morgan fingerprint density at radius 3 is 2.70 bits per heavy atom. The Labute approximate surface area is 191 Å². The maximum atomic E-state index is 14.4. The minimum atomic E-state index is -0.399. The fourth-order valence-corrected chi connectivity index (χ4v) is 5.19. The number of carbonyl (C=O) groups is 1. The van der Waals surface area contributed by atoms with E-state index >= 15 is 0 Å². The zero-order valence-corrected chi connectivity index (χ0v) is 18.5. The topological polar surface area (TPSA) is 75.4 Å². The summed E-state index contributed by atoms with van der Waals surface area (Å²) in [4.78, 5) is 24.3. The zero-order valence-electron chi connectivity index (χ0n) is 18.5. The minimum absolute atomic E-state index is 0.0150. The number of nitrogens with one attached hydrogen (secondary N) is 1. The molecule has 8 heteroatoms. The summed E-state index contributed by atoms with van der Waals surface area (Å²) in [5, 5.41) is 7.91. The Morgan fingerprint density at radius 1 is 1.18 bits per heavy atom. The highest BCUT2D eigenvalue weighted by Crippen LogP contribution is 2.39. The standard InChI is InChI=1S/C25H25FN6O/c1-31-25(29-14-30-31)22-23(16-5-3-15(4-6-16)13-32-7-2-8-32)27-11-17-9-18(26)10-19-20(33)12-28-24(22)21(17)19/h3-6,9-10,14,22-23,27H,2,7-8,11-13H2,1H3. The van der Waals surface area contributed by atoms with E-state index in [-0.39, 0.29) is 24.3 Å². The molecule has 0 bridgehead atoms. The summed E-state index contributed by atoms with van der Waals surface area (Å²) in [6.07, 6.45) is 2.81. The summed E-state index contributed by atoms with van der Waals surface area (Å²) in [6.45, 7) is 3.74. The molecule has 4 heterocycles. The van der Waals surface area contributed by atoms with E-state index in [1.807, 2.05) is 7.05 Å². The van der Waals surface area contributed by atoms with Crippen LogP contribution in [0.15, 0.2) is 47.7 Å². The molecule has 7 nitrogen and oxygen atoms in total. The number of aryl methyl sites for hydroxylation is 1. The monoisotopic (exact) mass is 444 g/mol. The molecule has 33 heavy (non-hydrogen) atoms. The van der Waals surface area contributed by atoms with Gasteiger partial charge in [-0.15, -0.1) is 0 Å². The van der Waals surface area contributed by atoms with Gasteiger partial charge in [0.15, 0.2) is 5.78 Å². The van der Waals surface area contributed by atoms with Gasteiger partial charge in [0.25, 0.3) is 0 Å². The fourth-order valence-electron chi connectivity index (χ4n) is 5.19. The van der Waals surface area contributed by atoms with Crippen LogP contribution in [0.5, 0.6) is 0 Å². The van der Waals surface area contributed by atoms with Crippen molar-refractivity contribution in [3.8, 4) is 0 Å². The van der Waals surface area contributed by atoms with Crippen LogP contribution in [0.2, 0.25) is 0 Å². The normalized spacial score (nSPS) is 22.4. The molecule has 2 aromatic carbocycles. The van der Waals surface area contributed by atoms with Gasteiger partial charge in [0.05, 0.1) is 11.6 Å². The second-order valence-corrected chi connectivity index (χ2v) is 9.06. The van der Waals surface area contributed by atoms with Gasteiger partial charge in [0.2, 0.25) is 0 Å². The van der Waals surface area contributed by atoms with Gasteiger partial charge in [-0.3, -0.25) is 19.4 Å². The molecule has 168 valence electrons. The van der Waals surface area contributed by atoms with E-state index in [2.05, 4.69) is 44.6 Å². The highest BCUT2D eigenvalue weighted by molar-refractivity contribution is 6.18. The summed E-state index contributed by atoms with van der Waals surface area (Å²) in [7, 11) is 1.86. The minimum Gasteiger partial charge on any atom is -0.305 e.